The molecule has 0 aromatic carbocycles. The Labute approximate surface area is 329 Å². The van der Waals surface area contributed by atoms with E-state index in [1.165, 1.54) is 77.0 Å². The van der Waals surface area contributed by atoms with Crippen molar-refractivity contribution >= 4 is 19.8 Å². The topological polar surface area (TPSA) is 134 Å². The average molecular weight is 780 g/mol. The highest BCUT2D eigenvalue weighted by molar-refractivity contribution is 7.47. The molecule has 2 unspecified atom stereocenters. The van der Waals surface area contributed by atoms with Crippen LogP contribution in [0.15, 0.2) is 60.8 Å². The maximum Gasteiger partial charge on any atom is 0.472 e. The van der Waals surface area contributed by atoms with Crippen LogP contribution >= 0.6 is 7.82 Å². The molecule has 0 saturated heterocycles. The Balaban J connectivity index is 4.18. The minimum absolute atomic E-state index is 0.0431. The standard InChI is InChI=1S/C44H78NO8P/c1-3-5-7-9-11-13-15-17-18-19-20-21-22-23-25-26-28-30-32-34-36-43(46)50-40-42(41-52-54(48,49)51-39-38-45)53-44(47)37-35-33-31-29-27-24-16-14-12-10-8-6-4-2/h5,7,11,13,17-18,24,27,31,33,42H,3-4,6,8-10,12,14-16,19-23,25-26,28-30,32,34-41,45H2,1-2H3,(H,48,49)/b7-5+,13-11+,18-17+,27-24+,33-31+. The maximum absolute atomic E-state index is 12.5. The normalized spacial score (nSPS) is 13.9. The summed E-state index contributed by atoms with van der Waals surface area (Å²) < 4.78 is 32.7. The lowest BCUT2D eigenvalue weighted by molar-refractivity contribution is -0.161. The van der Waals surface area contributed by atoms with Gasteiger partial charge in [0, 0.05) is 19.4 Å². The van der Waals surface area contributed by atoms with Gasteiger partial charge in [-0.15, -0.1) is 0 Å². The van der Waals surface area contributed by atoms with E-state index in [4.69, 9.17) is 24.3 Å². The zero-order valence-electron chi connectivity index (χ0n) is 34.2. The third-order valence-electron chi connectivity index (χ3n) is 8.65. The van der Waals surface area contributed by atoms with E-state index in [-0.39, 0.29) is 32.6 Å². The van der Waals surface area contributed by atoms with E-state index in [1.54, 1.807) is 0 Å². The van der Waals surface area contributed by atoms with E-state index in [0.717, 1.165) is 64.2 Å². The van der Waals surface area contributed by atoms with Crippen molar-refractivity contribution in [2.75, 3.05) is 26.4 Å². The number of nitrogens with two attached hydrogens (primary N) is 1. The Kier molecular flexibility index (Phi) is 38.7. The number of esters is 2. The molecule has 0 aliphatic carbocycles. The lowest BCUT2D eigenvalue weighted by Gasteiger charge is -2.19. The highest BCUT2D eigenvalue weighted by Crippen LogP contribution is 2.43. The molecule has 0 saturated carbocycles. The van der Waals surface area contributed by atoms with Crippen molar-refractivity contribution in [2.45, 2.75) is 180 Å². The second-order valence-electron chi connectivity index (χ2n) is 13.8. The third kappa shape index (κ3) is 39.4. The minimum Gasteiger partial charge on any atom is -0.462 e. The molecule has 0 spiro atoms. The van der Waals surface area contributed by atoms with Gasteiger partial charge in [-0.25, -0.2) is 4.57 Å². The van der Waals surface area contributed by atoms with Gasteiger partial charge in [0.15, 0.2) is 6.10 Å². The number of ether oxygens (including phenoxy) is 2. The number of carbonyl (C=O) groups is 2. The van der Waals surface area contributed by atoms with Gasteiger partial charge >= 0.3 is 19.8 Å². The first-order valence-electron chi connectivity index (χ1n) is 21.3. The van der Waals surface area contributed by atoms with Crippen LogP contribution < -0.4 is 5.73 Å². The molecule has 0 radical (unpaired) electrons. The van der Waals surface area contributed by atoms with Crippen LogP contribution in [0.2, 0.25) is 0 Å². The van der Waals surface area contributed by atoms with Gasteiger partial charge < -0.3 is 20.1 Å². The van der Waals surface area contributed by atoms with Crippen LogP contribution in [0.3, 0.4) is 0 Å². The average Bonchev–Trinajstić information content (AvgIpc) is 3.16. The Morgan fingerprint density at radius 2 is 1.06 bits per heavy atom. The van der Waals surface area contributed by atoms with Crippen LogP contribution in [0.5, 0.6) is 0 Å². The summed E-state index contributed by atoms with van der Waals surface area (Å²) in [6.07, 6.45) is 47.0. The molecule has 54 heavy (non-hydrogen) atoms. The van der Waals surface area contributed by atoms with Gasteiger partial charge in [-0.1, -0.05) is 158 Å². The Morgan fingerprint density at radius 1 is 0.574 bits per heavy atom. The number of rotatable bonds is 39. The first-order chi connectivity index (χ1) is 26.3. The van der Waals surface area contributed by atoms with E-state index in [1.807, 2.05) is 12.2 Å². The van der Waals surface area contributed by atoms with Crippen molar-refractivity contribution in [1.82, 2.24) is 0 Å². The molecule has 2 atom stereocenters. The molecule has 0 bridgehead atoms. The Morgan fingerprint density at radius 3 is 1.59 bits per heavy atom. The third-order valence-corrected chi connectivity index (χ3v) is 9.64. The molecule has 0 aromatic rings. The molecule has 0 aromatic heterocycles. The van der Waals surface area contributed by atoms with Crippen molar-refractivity contribution in [2.24, 2.45) is 5.73 Å². The summed E-state index contributed by atoms with van der Waals surface area (Å²) in [5, 5.41) is 0. The number of hydrogen-bond donors (Lipinski definition) is 2. The molecule has 0 amide bonds. The molecule has 9 nitrogen and oxygen atoms in total. The first-order valence-corrected chi connectivity index (χ1v) is 22.8. The summed E-state index contributed by atoms with van der Waals surface area (Å²) in [5.41, 5.74) is 5.34. The highest BCUT2D eigenvalue weighted by atomic mass is 31.2. The quantitative estimate of drug-likeness (QED) is 0.0270. The van der Waals surface area contributed by atoms with Crippen LogP contribution in [-0.4, -0.2) is 49.3 Å². The predicted octanol–water partition coefficient (Wildman–Crippen LogP) is 12.1. The predicted molar refractivity (Wildman–Crippen MR) is 224 cm³/mol. The molecule has 0 heterocycles. The number of phosphoric ester groups is 1. The SMILES string of the molecule is CC/C=C/C/C=C/C/C=C/CCCCCCCCCCCCC(=O)OCC(COP(=O)(O)OCCN)OC(=O)CC/C=C/C/C=C/CCCCCCCC. The van der Waals surface area contributed by atoms with Gasteiger partial charge in [0.25, 0.3) is 0 Å². The zero-order valence-corrected chi connectivity index (χ0v) is 35.1. The summed E-state index contributed by atoms with van der Waals surface area (Å²) in [7, 11) is -4.39. The van der Waals surface area contributed by atoms with Crippen LogP contribution in [0.25, 0.3) is 0 Å². The van der Waals surface area contributed by atoms with Gasteiger partial charge in [0.05, 0.1) is 13.2 Å². The molecule has 0 rings (SSSR count). The monoisotopic (exact) mass is 780 g/mol. The molecule has 0 aliphatic rings. The molecule has 0 fully saturated rings. The van der Waals surface area contributed by atoms with Crippen LogP contribution in [-0.2, 0) is 32.7 Å². The second-order valence-corrected chi connectivity index (χ2v) is 15.3. The van der Waals surface area contributed by atoms with Crippen LogP contribution in [0.1, 0.15) is 174 Å². The lowest BCUT2D eigenvalue weighted by atomic mass is 10.1. The van der Waals surface area contributed by atoms with Crippen LogP contribution in [0.4, 0.5) is 0 Å². The number of allylic oxidation sites excluding steroid dienone is 10. The number of unbranched alkanes of at least 4 members (excludes halogenated alkanes) is 16. The van der Waals surface area contributed by atoms with Crippen molar-refractivity contribution in [3.8, 4) is 0 Å². The molecular weight excluding hydrogens is 701 g/mol. The number of carbonyl (C=O) groups excluding carboxylic acids is 2. The minimum atomic E-state index is -4.39. The maximum atomic E-state index is 12.5. The smallest absolute Gasteiger partial charge is 0.462 e. The van der Waals surface area contributed by atoms with Gasteiger partial charge in [-0.2, -0.15) is 0 Å². The second kappa shape index (κ2) is 40.4. The van der Waals surface area contributed by atoms with E-state index in [2.05, 4.69) is 62.5 Å². The van der Waals surface area contributed by atoms with Crippen LogP contribution in [0, 0.1) is 0 Å². The molecule has 10 heteroatoms. The van der Waals surface area contributed by atoms with Gasteiger partial charge in [0.2, 0.25) is 0 Å². The summed E-state index contributed by atoms with van der Waals surface area (Å²) in [5.74, 6) is -0.915. The zero-order chi connectivity index (χ0) is 39.6. The molecule has 3 N–H and O–H groups in total. The van der Waals surface area contributed by atoms with E-state index >= 15 is 0 Å². The fourth-order valence-electron chi connectivity index (χ4n) is 5.52. The van der Waals surface area contributed by atoms with Crippen molar-refractivity contribution in [1.29, 1.82) is 0 Å². The van der Waals surface area contributed by atoms with Crippen molar-refractivity contribution in [3.05, 3.63) is 60.8 Å². The first kappa shape index (κ1) is 51.7. The van der Waals surface area contributed by atoms with Crippen molar-refractivity contribution in [3.63, 3.8) is 0 Å². The highest BCUT2D eigenvalue weighted by Gasteiger charge is 2.25. The largest absolute Gasteiger partial charge is 0.472 e. The van der Waals surface area contributed by atoms with Gasteiger partial charge in [0.1, 0.15) is 6.61 Å². The van der Waals surface area contributed by atoms with E-state index in [9.17, 15) is 19.0 Å². The van der Waals surface area contributed by atoms with Crippen molar-refractivity contribution < 1.29 is 37.6 Å². The van der Waals surface area contributed by atoms with Gasteiger partial charge in [-0.05, 0) is 64.2 Å². The van der Waals surface area contributed by atoms with Gasteiger partial charge in [-0.3, -0.25) is 18.6 Å². The summed E-state index contributed by atoms with van der Waals surface area (Å²) in [6, 6.07) is 0. The van der Waals surface area contributed by atoms with E-state index in [0.29, 0.717) is 6.42 Å². The van der Waals surface area contributed by atoms with E-state index < -0.39 is 32.5 Å². The molecule has 312 valence electrons. The Bertz CT molecular complexity index is 1070. The number of hydrogen-bond acceptors (Lipinski definition) is 8. The number of phosphoric acid groups is 1. The summed E-state index contributed by atoms with van der Waals surface area (Å²) in [4.78, 5) is 34.8. The molecule has 0 aliphatic heterocycles. The summed E-state index contributed by atoms with van der Waals surface area (Å²) in [6.45, 7) is 3.53. The lowest BCUT2D eigenvalue weighted by Crippen LogP contribution is -2.29. The fourth-order valence-corrected chi connectivity index (χ4v) is 6.29. The fraction of sp³-hybridized carbons (Fsp3) is 0.727. The molecular formula is C44H78NO8P. The summed E-state index contributed by atoms with van der Waals surface area (Å²) >= 11 is 0. The Hall–Kier alpha value is -2.29.